The van der Waals surface area contributed by atoms with Gasteiger partial charge in [0.25, 0.3) is 5.91 Å². The van der Waals surface area contributed by atoms with Gasteiger partial charge in [-0.05, 0) is 37.1 Å². The van der Waals surface area contributed by atoms with Gasteiger partial charge >= 0.3 is 0 Å². The van der Waals surface area contributed by atoms with E-state index in [0.717, 1.165) is 11.3 Å². The Labute approximate surface area is 153 Å². The number of aryl methyl sites for hydroxylation is 1. The molecule has 0 radical (unpaired) electrons. The van der Waals surface area contributed by atoms with Gasteiger partial charge in [-0.15, -0.1) is 6.42 Å². The second-order valence-corrected chi connectivity index (χ2v) is 5.52. The Bertz CT molecular complexity index is 809. The molecule has 0 saturated heterocycles. The molecule has 0 bridgehead atoms. The zero-order valence-electron chi connectivity index (χ0n) is 14.7. The lowest BCUT2D eigenvalue weighted by atomic mass is 10.1. The van der Waals surface area contributed by atoms with Crippen LogP contribution in [0.15, 0.2) is 48.5 Å². The fraction of sp³-hybridized carbons (Fsp3) is 0.238. The van der Waals surface area contributed by atoms with Crippen LogP contribution >= 0.6 is 0 Å². The monoisotopic (exact) mass is 350 g/mol. The first-order valence-corrected chi connectivity index (χ1v) is 8.47. The van der Waals surface area contributed by atoms with Gasteiger partial charge in [-0.3, -0.25) is 9.59 Å². The van der Waals surface area contributed by atoms with Crippen molar-refractivity contribution >= 4 is 17.5 Å². The van der Waals surface area contributed by atoms with E-state index in [2.05, 4.69) is 16.6 Å². The van der Waals surface area contributed by atoms with E-state index in [1.54, 1.807) is 24.3 Å². The summed E-state index contributed by atoms with van der Waals surface area (Å²) in [4.78, 5) is 24.5. The highest BCUT2D eigenvalue weighted by Crippen LogP contribution is 2.20. The van der Waals surface area contributed by atoms with Gasteiger partial charge in [0.15, 0.2) is 0 Å². The lowest BCUT2D eigenvalue weighted by Crippen LogP contribution is -2.25. The summed E-state index contributed by atoms with van der Waals surface area (Å²) >= 11 is 0. The van der Waals surface area contributed by atoms with E-state index in [4.69, 9.17) is 11.2 Å². The molecule has 0 aliphatic rings. The highest BCUT2D eigenvalue weighted by Gasteiger charge is 2.13. The lowest BCUT2D eigenvalue weighted by Gasteiger charge is -2.12. The predicted octanol–water partition coefficient (Wildman–Crippen LogP) is 3.02. The maximum Gasteiger partial charge on any atom is 0.254 e. The molecule has 0 atom stereocenters. The van der Waals surface area contributed by atoms with Crippen molar-refractivity contribution in [3.8, 4) is 18.1 Å². The van der Waals surface area contributed by atoms with Crippen molar-refractivity contribution in [1.29, 1.82) is 0 Å². The standard InChI is InChI=1S/C21H22N2O3/c1-3-15-22-21(25)17-10-6-7-11-18(17)23-20(24)14-13-16-9-5-8-12-19(16)26-4-2/h1,5-12H,4,13-15H2,2H3,(H,22,25)(H,23,24). The fourth-order valence-electron chi connectivity index (χ4n) is 2.48. The van der Waals surface area contributed by atoms with Crippen LogP contribution in [0.4, 0.5) is 5.69 Å². The van der Waals surface area contributed by atoms with Gasteiger partial charge in [0.2, 0.25) is 5.91 Å². The van der Waals surface area contributed by atoms with Crippen LogP contribution in [0.25, 0.3) is 0 Å². The number of nitrogens with one attached hydrogen (secondary N) is 2. The normalized spacial score (nSPS) is 9.85. The van der Waals surface area contributed by atoms with Crippen LogP contribution in [0.1, 0.15) is 29.3 Å². The zero-order valence-corrected chi connectivity index (χ0v) is 14.7. The number of para-hydroxylation sites is 2. The van der Waals surface area contributed by atoms with Crippen molar-refractivity contribution < 1.29 is 14.3 Å². The summed E-state index contributed by atoms with van der Waals surface area (Å²) in [7, 11) is 0. The molecule has 26 heavy (non-hydrogen) atoms. The maximum atomic E-state index is 12.3. The first-order chi connectivity index (χ1) is 12.7. The maximum absolute atomic E-state index is 12.3. The molecule has 0 unspecified atom stereocenters. The van der Waals surface area contributed by atoms with Crippen molar-refractivity contribution in [1.82, 2.24) is 5.32 Å². The van der Waals surface area contributed by atoms with Crippen LogP contribution in [0.5, 0.6) is 5.75 Å². The molecule has 2 rings (SSSR count). The van der Waals surface area contributed by atoms with Gasteiger partial charge in [0.1, 0.15) is 5.75 Å². The molecule has 0 spiro atoms. The molecule has 5 nitrogen and oxygen atoms in total. The SMILES string of the molecule is C#CCNC(=O)c1ccccc1NC(=O)CCc1ccccc1OCC. The summed E-state index contributed by atoms with van der Waals surface area (Å²) in [6.45, 7) is 2.63. The molecule has 2 amide bonds. The molecule has 0 fully saturated rings. The quantitative estimate of drug-likeness (QED) is 0.719. The Morgan fingerprint density at radius 1 is 1.12 bits per heavy atom. The fourth-order valence-corrected chi connectivity index (χ4v) is 2.48. The zero-order chi connectivity index (χ0) is 18.8. The molecule has 2 aromatic carbocycles. The number of terminal acetylenes is 1. The number of ether oxygens (including phenoxy) is 1. The van der Waals surface area contributed by atoms with Crippen LogP contribution in [0, 0.1) is 12.3 Å². The van der Waals surface area contributed by atoms with Crippen LogP contribution in [-0.4, -0.2) is 25.0 Å². The summed E-state index contributed by atoms with van der Waals surface area (Å²) in [6, 6.07) is 14.5. The Kier molecular flexibility index (Phi) is 7.26. The third-order valence-electron chi connectivity index (χ3n) is 3.69. The Morgan fingerprint density at radius 3 is 2.62 bits per heavy atom. The van der Waals surface area contributed by atoms with Gasteiger partial charge in [-0.25, -0.2) is 0 Å². The van der Waals surface area contributed by atoms with Crippen molar-refractivity contribution in [3.05, 3.63) is 59.7 Å². The highest BCUT2D eigenvalue weighted by molar-refractivity contribution is 6.03. The molecule has 0 aliphatic heterocycles. The summed E-state index contributed by atoms with van der Waals surface area (Å²) in [6.07, 6.45) is 5.99. The number of anilines is 1. The molecule has 0 aliphatic carbocycles. The van der Waals surface area contributed by atoms with Gasteiger partial charge < -0.3 is 15.4 Å². The molecule has 2 aromatic rings. The predicted molar refractivity (Wildman–Crippen MR) is 102 cm³/mol. The number of hydrogen-bond acceptors (Lipinski definition) is 3. The summed E-state index contributed by atoms with van der Waals surface area (Å²) in [5, 5.41) is 5.40. The largest absolute Gasteiger partial charge is 0.494 e. The smallest absolute Gasteiger partial charge is 0.254 e. The molecule has 2 N–H and O–H groups in total. The van der Waals surface area contributed by atoms with E-state index in [1.165, 1.54) is 0 Å². The second kappa shape index (κ2) is 9.90. The molecule has 5 heteroatoms. The first kappa shape index (κ1) is 19.1. The number of amides is 2. The highest BCUT2D eigenvalue weighted by atomic mass is 16.5. The van der Waals surface area contributed by atoms with Crippen molar-refractivity contribution in [2.75, 3.05) is 18.5 Å². The third-order valence-corrected chi connectivity index (χ3v) is 3.69. The van der Waals surface area contributed by atoms with Gasteiger partial charge in [0.05, 0.1) is 24.4 Å². The molecule has 134 valence electrons. The average Bonchev–Trinajstić information content (AvgIpc) is 2.66. The van der Waals surface area contributed by atoms with E-state index < -0.39 is 0 Å². The number of rotatable bonds is 8. The number of carbonyl (C=O) groups excluding carboxylic acids is 2. The molecular weight excluding hydrogens is 328 g/mol. The Morgan fingerprint density at radius 2 is 1.85 bits per heavy atom. The third kappa shape index (κ3) is 5.38. The van der Waals surface area contributed by atoms with Crippen LogP contribution in [0.2, 0.25) is 0 Å². The number of hydrogen-bond donors (Lipinski definition) is 2. The van der Waals surface area contributed by atoms with E-state index in [1.807, 2.05) is 31.2 Å². The van der Waals surface area contributed by atoms with E-state index in [0.29, 0.717) is 24.3 Å². The Balaban J connectivity index is 2.01. The summed E-state index contributed by atoms with van der Waals surface area (Å²) in [5.74, 6) is 2.65. The van der Waals surface area contributed by atoms with Crippen molar-refractivity contribution in [2.24, 2.45) is 0 Å². The first-order valence-electron chi connectivity index (χ1n) is 8.47. The van der Waals surface area contributed by atoms with Crippen LogP contribution < -0.4 is 15.4 Å². The molecule has 0 saturated carbocycles. The molecule has 0 heterocycles. The molecular formula is C21H22N2O3. The van der Waals surface area contributed by atoms with E-state index >= 15 is 0 Å². The lowest BCUT2D eigenvalue weighted by molar-refractivity contribution is -0.116. The number of benzene rings is 2. The summed E-state index contributed by atoms with van der Waals surface area (Å²) in [5.41, 5.74) is 1.82. The minimum Gasteiger partial charge on any atom is -0.494 e. The minimum atomic E-state index is -0.319. The van der Waals surface area contributed by atoms with Gasteiger partial charge in [-0.1, -0.05) is 36.3 Å². The van der Waals surface area contributed by atoms with E-state index in [-0.39, 0.29) is 24.8 Å². The van der Waals surface area contributed by atoms with Crippen LogP contribution in [-0.2, 0) is 11.2 Å². The van der Waals surface area contributed by atoms with Crippen molar-refractivity contribution in [3.63, 3.8) is 0 Å². The van der Waals surface area contributed by atoms with Crippen LogP contribution in [0.3, 0.4) is 0 Å². The Hall–Kier alpha value is -3.26. The van der Waals surface area contributed by atoms with Gasteiger partial charge in [-0.2, -0.15) is 0 Å². The minimum absolute atomic E-state index is 0.134. The topological polar surface area (TPSA) is 67.4 Å². The second-order valence-electron chi connectivity index (χ2n) is 5.52. The van der Waals surface area contributed by atoms with E-state index in [9.17, 15) is 9.59 Å². The molecule has 0 aromatic heterocycles. The summed E-state index contributed by atoms with van der Waals surface area (Å²) < 4.78 is 5.57. The van der Waals surface area contributed by atoms with Gasteiger partial charge in [0, 0.05) is 6.42 Å². The number of carbonyl (C=O) groups is 2. The van der Waals surface area contributed by atoms with Crippen molar-refractivity contribution in [2.45, 2.75) is 19.8 Å². The average molecular weight is 350 g/mol.